The number of carbonyl (C=O) groups is 1. The average Bonchev–Trinajstić information content (AvgIpc) is 2.90. The summed E-state index contributed by atoms with van der Waals surface area (Å²) >= 11 is 0. The molecule has 2 rings (SSSR count). The number of piperidine rings is 1. The number of hydrogen-bond donors (Lipinski definition) is 1. The molecule has 1 heterocycles. The summed E-state index contributed by atoms with van der Waals surface area (Å²) in [5.41, 5.74) is 0.987. The van der Waals surface area contributed by atoms with Gasteiger partial charge in [0.05, 0.1) is 5.92 Å². The maximum atomic E-state index is 12.3. The van der Waals surface area contributed by atoms with Gasteiger partial charge in [0, 0.05) is 13.1 Å². The first-order valence-electron chi connectivity index (χ1n) is 7.63. The van der Waals surface area contributed by atoms with Gasteiger partial charge in [0.15, 0.2) is 0 Å². The van der Waals surface area contributed by atoms with Gasteiger partial charge in [-0.25, -0.2) is 4.72 Å². The topological polar surface area (TPSA) is 66.5 Å². The summed E-state index contributed by atoms with van der Waals surface area (Å²) in [5.74, 6) is -0.501. The molecule has 0 radical (unpaired) electrons. The molecule has 0 aromatic heterocycles. The van der Waals surface area contributed by atoms with Crippen LogP contribution in [0.5, 0.6) is 0 Å². The first kappa shape index (κ1) is 16.5. The summed E-state index contributed by atoms with van der Waals surface area (Å²) in [5, 5.41) is 0. The molecular formula is C15H26N2O3S. The van der Waals surface area contributed by atoms with Gasteiger partial charge in [-0.3, -0.25) is 4.79 Å². The van der Waals surface area contributed by atoms with Gasteiger partial charge in [-0.15, -0.1) is 0 Å². The molecule has 120 valence electrons. The van der Waals surface area contributed by atoms with Crippen molar-refractivity contribution in [1.82, 2.24) is 9.03 Å². The molecule has 0 bridgehead atoms. The normalized spacial score (nSPS) is 28.8. The predicted molar refractivity (Wildman–Crippen MR) is 82.7 cm³/mol. The van der Waals surface area contributed by atoms with Crippen LogP contribution >= 0.6 is 0 Å². The summed E-state index contributed by atoms with van der Waals surface area (Å²) in [4.78, 5) is 12.3. The van der Waals surface area contributed by atoms with E-state index in [4.69, 9.17) is 0 Å². The lowest BCUT2D eigenvalue weighted by atomic mass is 10.1. The molecule has 1 aliphatic heterocycles. The molecule has 0 spiro atoms. The van der Waals surface area contributed by atoms with E-state index >= 15 is 0 Å². The van der Waals surface area contributed by atoms with Gasteiger partial charge in [0.25, 0.3) is 0 Å². The monoisotopic (exact) mass is 314 g/mol. The Morgan fingerprint density at radius 2 is 1.76 bits per heavy atom. The number of nitrogens with one attached hydrogen (secondary N) is 1. The van der Waals surface area contributed by atoms with Crippen molar-refractivity contribution in [2.24, 2.45) is 17.3 Å². The molecule has 2 atom stereocenters. The van der Waals surface area contributed by atoms with Gasteiger partial charge in [0.2, 0.25) is 5.91 Å². The van der Waals surface area contributed by atoms with Crippen molar-refractivity contribution in [2.75, 3.05) is 13.1 Å². The van der Waals surface area contributed by atoms with Crippen LogP contribution in [0.25, 0.3) is 0 Å². The molecule has 0 aromatic carbocycles. The van der Waals surface area contributed by atoms with Crippen LogP contribution in [0, 0.1) is 17.3 Å². The first-order chi connectivity index (χ1) is 9.66. The molecule has 1 saturated carbocycles. The molecule has 0 unspecified atom stereocenters. The smallest absolute Gasteiger partial charge is 0.274 e. The highest BCUT2D eigenvalue weighted by Gasteiger charge is 2.60. The van der Waals surface area contributed by atoms with Gasteiger partial charge in [-0.2, -0.15) is 12.7 Å². The largest absolute Gasteiger partial charge is 0.303 e. The Balaban J connectivity index is 2.03. The van der Waals surface area contributed by atoms with Gasteiger partial charge in [0.1, 0.15) is 0 Å². The van der Waals surface area contributed by atoms with E-state index < -0.39 is 10.2 Å². The van der Waals surface area contributed by atoms with Crippen LogP contribution in [0.15, 0.2) is 11.6 Å². The van der Waals surface area contributed by atoms with Crippen LogP contribution in [-0.2, 0) is 15.0 Å². The second-order valence-electron chi connectivity index (χ2n) is 7.00. The number of nitrogens with zero attached hydrogens (tertiary/aromatic N) is 1. The van der Waals surface area contributed by atoms with Gasteiger partial charge in [-0.1, -0.05) is 31.9 Å². The average molecular weight is 314 g/mol. The van der Waals surface area contributed by atoms with Crippen LogP contribution in [0.2, 0.25) is 0 Å². The highest BCUT2D eigenvalue weighted by Crippen LogP contribution is 2.59. The van der Waals surface area contributed by atoms with Gasteiger partial charge in [-0.05, 0) is 38.0 Å². The highest BCUT2D eigenvalue weighted by atomic mass is 32.2. The van der Waals surface area contributed by atoms with E-state index in [0.29, 0.717) is 13.1 Å². The van der Waals surface area contributed by atoms with Crippen LogP contribution in [0.3, 0.4) is 0 Å². The number of amides is 1. The maximum Gasteiger partial charge on any atom is 0.303 e. The Bertz CT molecular complexity index is 541. The molecule has 6 heteroatoms. The third-order valence-electron chi connectivity index (χ3n) is 4.59. The van der Waals surface area contributed by atoms with Crippen LogP contribution in [0.4, 0.5) is 0 Å². The Morgan fingerprint density at radius 3 is 2.29 bits per heavy atom. The van der Waals surface area contributed by atoms with E-state index in [9.17, 15) is 13.2 Å². The summed E-state index contributed by atoms with van der Waals surface area (Å²) in [7, 11) is -3.68. The lowest BCUT2D eigenvalue weighted by Gasteiger charge is -2.25. The van der Waals surface area contributed by atoms with Crippen molar-refractivity contribution in [3.8, 4) is 0 Å². The fourth-order valence-corrected chi connectivity index (χ4v) is 4.46. The van der Waals surface area contributed by atoms with E-state index in [1.807, 2.05) is 27.7 Å². The second-order valence-corrected chi connectivity index (χ2v) is 8.67. The Hall–Kier alpha value is -0.880. The van der Waals surface area contributed by atoms with E-state index in [-0.39, 0.29) is 23.2 Å². The third kappa shape index (κ3) is 3.48. The molecule has 2 fully saturated rings. The van der Waals surface area contributed by atoms with Crippen LogP contribution < -0.4 is 4.72 Å². The van der Waals surface area contributed by atoms with E-state index in [2.05, 4.69) is 10.8 Å². The number of allylic oxidation sites excluding steroid dienone is 2. The molecule has 1 amide bonds. The van der Waals surface area contributed by atoms with Crippen molar-refractivity contribution in [2.45, 2.75) is 47.0 Å². The minimum atomic E-state index is -3.68. The lowest BCUT2D eigenvalue weighted by Crippen LogP contribution is -2.46. The fourth-order valence-electron chi connectivity index (χ4n) is 3.21. The zero-order valence-electron chi connectivity index (χ0n) is 13.3. The number of hydrogen-bond acceptors (Lipinski definition) is 3. The van der Waals surface area contributed by atoms with Crippen molar-refractivity contribution in [3.05, 3.63) is 11.6 Å². The molecule has 21 heavy (non-hydrogen) atoms. The molecular weight excluding hydrogens is 288 g/mol. The zero-order chi connectivity index (χ0) is 15.8. The summed E-state index contributed by atoms with van der Waals surface area (Å²) in [6.07, 6.45) is 4.85. The van der Waals surface area contributed by atoms with Crippen LogP contribution in [0.1, 0.15) is 47.0 Å². The first-order valence-corrected chi connectivity index (χ1v) is 9.07. The van der Waals surface area contributed by atoms with Crippen molar-refractivity contribution in [3.63, 3.8) is 0 Å². The lowest BCUT2D eigenvalue weighted by molar-refractivity contribution is -0.121. The van der Waals surface area contributed by atoms with Crippen molar-refractivity contribution >= 4 is 16.1 Å². The number of rotatable bonds is 4. The van der Waals surface area contributed by atoms with Crippen molar-refractivity contribution < 1.29 is 13.2 Å². The summed E-state index contributed by atoms with van der Waals surface area (Å²) in [6, 6.07) is 0. The molecule has 0 aromatic rings. The Labute approximate surface area is 128 Å². The van der Waals surface area contributed by atoms with E-state index in [1.54, 1.807) is 0 Å². The quantitative estimate of drug-likeness (QED) is 0.808. The fraction of sp³-hybridized carbons (Fsp3) is 0.800. The summed E-state index contributed by atoms with van der Waals surface area (Å²) < 4.78 is 28.2. The van der Waals surface area contributed by atoms with Gasteiger partial charge >= 0.3 is 10.2 Å². The standard InChI is InChI=1S/C15H26N2O3S/c1-11(2)10-12-13(15(12,3)4)14(18)16-21(19,20)17-8-6-5-7-9-17/h10,12-13H,5-9H2,1-4H3,(H,16,18)/t12-,13+/m1/s1. The zero-order valence-corrected chi connectivity index (χ0v) is 14.2. The minimum absolute atomic E-state index is 0.124. The predicted octanol–water partition coefficient (Wildman–Crippen LogP) is 2.07. The highest BCUT2D eigenvalue weighted by molar-refractivity contribution is 7.87. The van der Waals surface area contributed by atoms with E-state index in [1.165, 1.54) is 4.31 Å². The third-order valence-corrected chi connectivity index (χ3v) is 6.09. The minimum Gasteiger partial charge on any atom is -0.274 e. The Kier molecular flexibility index (Phi) is 4.49. The second kappa shape index (κ2) is 5.72. The van der Waals surface area contributed by atoms with Crippen LogP contribution in [-0.4, -0.2) is 31.7 Å². The maximum absolute atomic E-state index is 12.3. The SMILES string of the molecule is CC(C)=C[C@@H]1[C@@H](C(=O)NS(=O)(=O)N2CCCCC2)C1(C)C. The molecule has 1 aliphatic carbocycles. The molecule has 2 aliphatic rings. The van der Waals surface area contributed by atoms with E-state index in [0.717, 1.165) is 24.8 Å². The Morgan fingerprint density at radius 1 is 1.19 bits per heavy atom. The van der Waals surface area contributed by atoms with Crippen molar-refractivity contribution in [1.29, 1.82) is 0 Å². The number of carbonyl (C=O) groups excluding carboxylic acids is 1. The molecule has 5 nitrogen and oxygen atoms in total. The molecule has 1 saturated heterocycles. The molecule has 1 N–H and O–H groups in total. The summed E-state index contributed by atoms with van der Waals surface area (Å²) in [6.45, 7) is 9.02. The van der Waals surface area contributed by atoms with Gasteiger partial charge < -0.3 is 0 Å².